The van der Waals surface area contributed by atoms with Gasteiger partial charge >= 0.3 is 0 Å². The second-order valence-corrected chi connectivity index (χ2v) is 7.14. The molecule has 3 N–H and O–H groups in total. The maximum absolute atomic E-state index is 10.5. The van der Waals surface area contributed by atoms with E-state index in [1.165, 1.54) is 5.56 Å². The fraction of sp³-hybridized carbons (Fsp3) is 0.150. The van der Waals surface area contributed by atoms with Crippen molar-refractivity contribution < 1.29 is 5.11 Å². The summed E-state index contributed by atoms with van der Waals surface area (Å²) in [6.45, 7) is 2.00. The molecule has 3 nitrogen and oxygen atoms in total. The first-order chi connectivity index (χ1) is 11.6. The second kappa shape index (κ2) is 5.89. The number of benzene rings is 2. The van der Waals surface area contributed by atoms with Crippen LogP contribution in [0.15, 0.2) is 54.0 Å². The molecule has 0 amide bonds. The molecule has 2 aromatic carbocycles. The smallest absolute Gasteiger partial charge is 0.124 e. The van der Waals surface area contributed by atoms with Gasteiger partial charge < -0.3 is 10.8 Å². The third kappa shape index (κ3) is 2.54. The van der Waals surface area contributed by atoms with Crippen LogP contribution < -0.4 is 5.73 Å². The third-order valence-electron chi connectivity index (χ3n) is 4.25. The van der Waals surface area contributed by atoms with E-state index in [-0.39, 0.29) is 11.8 Å². The van der Waals surface area contributed by atoms with Crippen LogP contribution in [0.25, 0.3) is 32.1 Å². The summed E-state index contributed by atoms with van der Waals surface area (Å²) in [6, 6.07) is 14.1. The van der Waals surface area contributed by atoms with Crippen LogP contribution in [0.1, 0.15) is 12.5 Å². The minimum Gasteiger partial charge on any atom is -0.507 e. The molecular weight excluding hydrogens is 316 g/mol. The van der Waals surface area contributed by atoms with Gasteiger partial charge in [-0.05, 0) is 48.1 Å². The van der Waals surface area contributed by atoms with E-state index >= 15 is 0 Å². The molecule has 0 aliphatic heterocycles. The molecule has 24 heavy (non-hydrogen) atoms. The Labute approximate surface area is 144 Å². The van der Waals surface area contributed by atoms with Crippen LogP contribution in [0.2, 0.25) is 0 Å². The number of phenolic OH excluding ortho intramolecular Hbond substituents is 1. The second-order valence-electron chi connectivity index (χ2n) is 6.19. The van der Waals surface area contributed by atoms with Gasteiger partial charge in [0.2, 0.25) is 0 Å². The first-order valence-electron chi connectivity index (χ1n) is 7.96. The quantitative estimate of drug-likeness (QED) is 0.570. The third-order valence-corrected chi connectivity index (χ3v) is 5.10. The van der Waals surface area contributed by atoms with Crippen LogP contribution in [0.5, 0.6) is 5.75 Å². The van der Waals surface area contributed by atoms with Gasteiger partial charge in [0.05, 0.1) is 10.2 Å². The van der Waals surface area contributed by atoms with Gasteiger partial charge in [-0.2, -0.15) is 0 Å². The first kappa shape index (κ1) is 15.1. The minimum atomic E-state index is 0.136. The Hall–Kier alpha value is -2.43. The number of nitrogens with two attached hydrogens (primary N) is 1. The Kier molecular flexibility index (Phi) is 3.71. The SMILES string of the molecule is CC(N)Cc1ccc(-c2c(O)ccc3ncc4sccc4c23)cc1. The highest BCUT2D eigenvalue weighted by atomic mass is 32.1. The maximum atomic E-state index is 10.5. The van der Waals surface area contributed by atoms with Crippen LogP contribution in [0, 0.1) is 0 Å². The minimum absolute atomic E-state index is 0.136. The standard InChI is InChI=1S/C20H18N2OS/c1-12(21)10-13-2-4-14(5-3-13)19-17(23)7-6-16-20(19)15-8-9-24-18(15)11-22-16/h2-9,11-12,23H,10,21H2,1H3. The molecule has 4 aromatic rings. The normalized spacial score (nSPS) is 12.8. The topological polar surface area (TPSA) is 59.1 Å². The number of fused-ring (bicyclic) bond motifs is 3. The number of rotatable bonds is 3. The van der Waals surface area contributed by atoms with Crippen LogP contribution in [-0.2, 0) is 6.42 Å². The molecule has 0 bridgehead atoms. The summed E-state index contributed by atoms with van der Waals surface area (Å²) in [5.74, 6) is 0.281. The highest BCUT2D eigenvalue weighted by molar-refractivity contribution is 7.17. The number of aromatic hydroxyl groups is 1. The van der Waals surface area contributed by atoms with Crippen LogP contribution in [-0.4, -0.2) is 16.1 Å². The van der Waals surface area contributed by atoms with E-state index in [4.69, 9.17) is 5.73 Å². The molecule has 120 valence electrons. The van der Waals surface area contributed by atoms with E-state index in [1.54, 1.807) is 17.4 Å². The predicted octanol–water partition coefficient (Wildman–Crippen LogP) is 4.71. The van der Waals surface area contributed by atoms with Crippen molar-refractivity contribution in [2.75, 3.05) is 0 Å². The van der Waals surface area contributed by atoms with Crippen LogP contribution >= 0.6 is 11.3 Å². The van der Waals surface area contributed by atoms with E-state index in [9.17, 15) is 5.11 Å². The summed E-state index contributed by atoms with van der Waals surface area (Å²) in [6.07, 6.45) is 2.74. The average molecular weight is 334 g/mol. The Morgan fingerprint density at radius 1 is 1.12 bits per heavy atom. The zero-order valence-electron chi connectivity index (χ0n) is 13.4. The molecule has 0 radical (unpaired) electrons. The zero-order chi connectivity index (χ0) is 16.7. The fourth-order valence-corrected chi connectivity index (χ4v) is 3.95. The van der Waals surface area contributed by atoms with Gasteiger partial charge in [0.25, 0.3) is 0 Å². The van der Waals surface area contributed by atoms with Crippen LogP contribution in [0.3, 0.4) is 0 Å². The number of aromatic nitrogens is 1. The molecule has 0 fully saturated rings. The van der Waals surface area contributed by atoms with E-state index in [1.807, 2.05) is 19.2 Å². The summed E-state index contributed by atoms with van der Waals surface area (Å²) < 4.78 is 1.13. The molecule has 0 aliphatic rings. The van der Waals surface area contributed by atoms with Crippen molar-refractivity contribution in [3.05, 3.63) is 59.6 Å². The lowest BCUT2D eigenvalue weighted by atomic mass is 9.96. The molecule has 0 aliphatic carbocycles. The number of phenols is 1. The van der Waals surface area contributed by atoms with Gasteiger partial charge in [-0.1, -0.05) is 24.3 Å². The average Bonchev–Trinajstić information content (AvgIpc) is 3.04. The Morgan fingerprint density at radius 3 is 2.67 bits per heavy atom. The lowest BCUT2D eigenvalue weighted by Crippen LogP contribution is -2.17. The Balaban J connectivity index is 1.95. The summed E-state index contributed by atoms with van der Waals surface area (Å²) >= 11 is 1.66. The van der Waals surface area contributed by atoms with Gasteiger partial charge in [-0.3, -0.25) is 4.98 Å². The Morgan fingerprint density at radius 2 is 1.92 bits per heavy atom. The van der Waals surface area contributed by atoms with Gasteiger partial charge in [-0.25, -0.2) is 0 Å². The number of thiophene rings is 1. The number of hydrogen-bond donors (Lipinski definition) is 2. The zero-order valence-corrected chi connectivity index (χ0v) is 14.2. The summed E-state index contributed by atoms with van der Waals surface area (Å²) in [4.78, 5) is 4.55. The predicted molar refractivity (Wildman–Crippen MR) is 102 cm³/mol. The first-order valence-corrected chi connectivity index (χ1v) is 8.84. The van der Waals surface area contributed by atoms with E-state index < -0.39 is 0 Å². The summed E-state index contributed by atoms with van der Waals surface area (Å²) in [7, 11) is 0. The number of pyridine rings is 1. The molecular formula is C20H18N2OS. The fourth-order valence-electron chi connectivity index (χ4n) is 3.19. The monoisotopic (exact) mass is 334 g/mol. The summed E-state index contributed by atoms with van der Waals surface area (Å²) in [5, 5.41) is 14.7. The highest BCUT2D eigenvalue weighted by Gasteiger charge is 2.14. The van der Waals surface area contributed by atoms with Crippen molar-refractivity contribution in [2.45, 2.75) is 19.4 Å². The number of hydrogen-bond acceptors (Lipinski definition) is 4. The lowest BCUT2D eigenvalue weighted by Gasteiger charge is -2.11. The Bertz CT molecular complexity index is 1020. The summed E-state index contributed by atoms with van der Waals surface area (Å²) in [5.41, 5.74) is 9.81. The lowest BCUT2D eigenvalue weighted by molar-refractivity contribution is 0.478. The van der Waals surface area contributed by atoms with Gasteiger partial charge in [0, 0.05) is 28.6 Å². The molecule has 1 atom stereocenters. The van der Waals surface area contributed by atoms with Crippen LogP contribution in [0.4, 0.5) is 0 Å². The molecule has 1 unspecified atom stereocenters. The van der Waals surface area contributed by atoms with Crippen molar-refractivity contribution in [3.63, 3.8) is 0 Å². The van der Waals surface area contributed by atoms with Crippen molar-refractivity contribution in [3.8, 4) is 16.9 Å². The van der Waals surface area contributed by atoms with Gasteiger partial charge in [0.15, 0.2) is 0 Å². The van der Waals surface area contributed by atoms with Gasteiger partial charge in [-0.15, -0.1) is 11.3 Å². The molecule has 0 saturated carbocycles. The maximum Gasteiger partial charge on any atom is 0.124 e. The molecule has 4 rings (SSSR count). The largest absolute Gasteiger partial charge is 0.507 e. The number of nitrogens with zero attached hydrogens (tertiary/aromatic N) is 1. The van der Waals surface area contributed by atoms with Crippen molar-refractivity contribution in [2.24, 2.45) is 5.73 Å². The van der Waals surface area contributed by atoms with E-state index in [0.717, 1.165) is 38.5 Å². The van der Waals surface area contributed by atoms with E-state index in [0.29, 0.717) is 0 Å². The molecule has 2 aromatic heterocycles. The molecule has 4 heteroatoms. The molecule has 0 saturated heterocycles. The van der Waals surface area contributed by atoms with Crippen molar-refractivity contribution in [1.82, 2.24) is 4.98 Å². The van der Waals surface area contributed by atoms with Crippen molar-refractivity contribution in [1.29, 1.82) is 0 Å². The highest BCUT2D eigenvalue weighted by Crippen LogP contribution is 2.40. The van der Waals surface area contributed by atoms with Gasteiger partial charge in [0.1, 0.15) is 5.75 Å². The molecule has 2 heterocycles. The van der Waals surface area contributed by atoms with Crippen molar-refractivity contribution >= 4 is 32.3 Å². The molecule has 0 spiro atoms. The van der Waals surface area contributed by atoms with E-state index in [2.05, 4.69) is 40.7 Å².